The quantitative estimate of drug-likeness (QED) is 0.690. The van der Waals surface area contributed by atoms with E-state index < -0.39 is 21.7 Å². The lowest BCUT2D eigenvalue weighted by Gasteiger charge is -2.07. The van der Waals surface area contributed by atoms with Crippen LogP contribution in [0.1, 0.15) is 6.42 Å². The first-order valence-corrected chi connectivity index (χ1v) is 7.09. The first-order valence-electron chi connectivity index (χ1n) is 5.60. The highest BCUT2D eigenvalue weighted by molar-refractivity contribution is 7.89. The van der Waals surface area contributed by atoms with Crippen LogP contribution in [0, 0.1) is 11.6 Å². The molecule has 0 unspecified atom stereocenters. The van der Waals surface area contributed by atoms with Gasteiger partial charge in [0, 0.05) is 13.2 Å². The maximum atomic E-state index is 12.9. The van der Waals surface area contributed by atoms with E-state index in [1.165, 1.54) is 0 Å². The Morgan fingerprint density at radius 1 is 1.21 bits per heavy atom. The molecule has 1 aromatic carbocycles. The van der Waals surface area contributed by atoms with Gasteiger partial charge in [0.05, 0.1) is 18.1 Å². The molecule has 5 nitrogen and oxygen atoms in total. The summed E-state index contributed by atoms with van der Waals surface area (Å²) in [5.74, 6) is -2.31. The lowest BCUT2D eigenvalue weighted by Crippen LogP contribution is -2.25. The average molecular weight is 295 g/mol. The molecule has 0 saturated carbocycles. The Labute approximate surface area is 110 Å². The normalized spacial score (nSPS) is 11.7. The zero-order valence-corrected chi connectivity index (χ0v) is 10.9. The third-order valence-electron chi connectivity index (χ3n) is 2.19. The molecule has 0 radical (unpaired) electrons. The van der Waals surface area contributed by atoms with Gasteiger partial charge in [-0.3, -0.25) is 0 Å². The molecule has 0 aliphatic rings. The summed E-state index contributed by atoms with van der Waals surface area (Å²) in [5.41, 5.74) is 0. The summed E-state index contributed by atoms with van der Waals surface area (Å²) in [7, 11) is -3.85. The van der Waals surface area contributed by atoms with Crippen LogP contribution < -0.4 is 4.72 Å². The van der Waals surface area contributed by atoms with Gasteiger partial charge in [0.2, 0.25) is 10.0 Å². The molecule has 1 aromatic rings. The lowest BCUT2D eigenvalue weighted by atomic mass is 10.3. The maximum Gasteiger partial charge on any atom is 0.240 e. The molecular weight excluding hydrogens is 280 g/mol. The number of hydrogen-bond acceptors (Lipinski definition) is 4. The Hall–Kier alpha value is -1.09. The van der Waals surface area contributed by atoms with Crippen molar-refractivity contribution in [3.8, 4) is 0 Å². The number of rotatable bonds is 8. The van der Waals surface area contributed by atoms with Crippen LogP contribution in [-0.4, -0.2) is 39.9 Å². The fraction of sp³-hybridized carbons (Fsp3) is 0.455. The largest absolute Gasteiger partial charge is 0.394 e. The van der Waals surface area contributed by atoms with E-state index >= 15 is 0 Å². The number of halogens is 2. The minimum atomic E-state index is -3.85. The van der Waals surface area contributed by atoms with Gasteiger partial charge in [-0.1, -0.05) is 0 Å². The molecule has 108 valence electrons. The third-order valence-corrected chi connectivity index (χ3v) is 3.65. The second-order valence-corrected chi connectivity index (χ2v) is 5.43. The van der Waals surface area contributed by atoms with Crippen molar-refractivity contribution in [1.82, 2.24) is 4.72 Å². The van der Waals surface area contributed by atoms with Gasteiger partial charge in [0.15, 0.2) is 11.6 Å². The smallest absolute Gasteiger partial charge is 0.240 e. The van der Waals surface area contributed by atoms with Crippen molar-refractivity contribution in [2.75, 3.05) is 26.4 Å². The van der Waals surface area contributed by atoms with E-state index in [1.54, 1.807) is 0 Å². The summed E-state index contributed by atoms with van der Waals surface area (Å²) >= 11 is 0. The molecule has 2 N–H and O–H groups in total. The summed E-state index contributed by atoms with van der Waals surface area (Å²) in [6.07, 6.45) is 0.406. The van der Waals surface area contributed by atoms with Crippen molar-refractivity contribution in [3.63, 3.8) is 0 Å². The monoisotopic (exact) mass is 295 g/mol. The average Bonchev–Trinajstić information content (AvgIpc) is 2.36. The molecular formula is C11H15F2NO4S. The zero-order chi connectivity index (χ0) is 14.3. The Morgan fingerprint density at radius 2 is 1.95 bits per heavy atom. The van der Waals surface area contributed by atoms with Crippen LogP contribution in [0.2, 0.25) is 0 Å². The minimum Gasteiger partial charge on any atom is -0.394 e. The predicted octanol–water partition coefficient (Wildman–Crippen LogP) is 0.642. The number of aliphatic hydroxyl groups excluding tert-OH is 1. The number of nitrogens with one attached hydrogen (secondary N) is 1. The van der Waals surface area contributed by atoms with Gasteiger partial charge in [0.1, 0.15) is 0 Å². The van der Waals surface area contributed by atoms with Crippen molar-refractivity contribution < 1.29 is 27.0 Å². The second-order valence-electron chi connectivity index (χ2n) is 3.66. The summed E-state index contributed by atoms with van der Waals surface area (Å²) in [5, 5.41) is 8.45. The van der Waals surface area contributed by atoms with E-state index in [1.807, 2.05) is 0 Å². The van der Waals surface area contributed by atoms with E-state index in [9.17, 15) is 17.2 Å². The van der Waals surface area contributed by atoms with Crippen molar-refractivity contribution in [1.29, 1.82) is 0 Å². The predicted molar refractivity (Wildman–Crippen MR) is 64.1 cm³/mol. The van der Waals surface area contributed by atoms with Crippen molar-refractivity contribution in [2.45, 2.75) is 11.3 Å². The highest BCUT2D eigenvalue weighted by Gasteiger charge is 2.15. The number of aliphatic hydroxyl groups is 1. The van der Waals surface area contributed by atoms with Crippen LogP contribution in [0.4, 0.5) is 8.78 Å². The summed E-state index contributed by atoms with van der Waals surface area (Å²) < 4.78 is 56.2. The molecule has 0 heterocycles. The van der Waals surface area contributed by atoms with Crippen molar-refractivity contribution >= 4 is 10.0 Å². The van der Waals surface area contributed by atoms with Gasteiger partial charge < -0.3 is 9.84 Å². The van der Waals surface area contributed by atoms with Crippen LogP contribution in [0.5, 0.6) is 0 Å². The van der Waals surface area contributed by atoms with E-state index in [-0.39, 0.29) is 24.7 Å². The van der Waals surface area contributed by atoms with Crippen molar-refractivity contribution in [3.05, 3.63) is 29.8 Å². The van der Waals surface area contributed by atoms with Gasteiger partial charge in [0.25, 0.3) is 0 Å². The fourth-order valence-corrected chi connectivity index (χ4v) is 2.36. The fourth-order valence-electron chi connectivity index (χ4n) is 1.27. The van der Waals surface area contributed by atoms with Gasteiger partial charge in [-0.25, -0.2) is 21.9 Å². The van der Waals surface area contributed by atoms with Crippen LogP contribution in [0.25, 0.3) is 0 Å². The highest BCUT2D eigenvalue weighted by Crippen LogP contribution is 2.13. The maximum absolute atomic E-state index is 12.9. The molecule has 19 heavy (non-hydrogen) atoms. The second kappa shape index (κ2) is 7.49. The van der Waals surface area contributed by atoms with Gasteiger partial charge in [-0.15, -0.1) is 0 Å². The standard InChI is InChI=1S/C11H15F2NO4S/c12-10-3-2-9(8-11(10)13)19(16,17)14-4-1-6-18-7-5-15/h2-3,8,14-15H,1,4-7H2. The third kappa shape index (κ3) is 5.19. The molecule has 1 rings (SSSR count). The molecule has 8 heteroatoms. The molecule has 0 atom stereocenters. The zero-order valence-electron chi connectivity index (χ0n) is 10.1. The highest BCUT2D eigenvalue weighted by atomic mass is 32.2. The number of benzene rings is 1. The molecule has 0 spiro atoms. The van der Waals surface area contributed by atoms with E-state index in [4.69, 9.17) is 9.84 Å². The van der Waals surface area contributed by atoms with Gasteiger partial charge in [-0.2, -0.15) is 0 Å². The van der Waals surface area contributed by atoms with E-state index in [0.29, 0.717) is 19.1 Å². The van der Waals surface area contributed by atoms with E-state index in [0.717, 1.165) is 12.1 Å². The molecule has 0 amide bonds. The Kier molecular flexibility index (Phi) is 6.29. The molecule has 0 bridgehead atoms. The molecule has 0 aromatic heterocycles. The topological polar surface area (TPSA) is 75.6 Å². The summed E-state index contributed by atoms with van der Waals surface area (Å²) in [6, 6.07) is 2.37. The van der Waals surface area contributed by atoms with Crippen LogP contribution in [-0.2, 0) is 14.8 Å². The first kappa shape index (κ1) is 16.0. The Bertz CT molecular complexity index is 507. The van der Waals surface area contributed by atoms with Gasteiger partial charge >= 0.3 is 0 Å². The summed E-state index contributed by atoms with van der Waals surface area (Å²) in [6.45, 7) is 0.490. The van der Waals surface area contributed by atoms with Crippen LogP contribution in [0.15, 0.2) is 23.1 Å². The van der Waals surface area contributed by atoms with Crippen LogP contribution in [0.3, 0.4) is 0 Å². The van der Waals surface area contributed by atoms with E-state index in [2.05, 4.69) is 4.72 Å². The number of hydrogen-bond donors (Lipinski definition) is 2. The first-order chi connectivity index (χ1) is 8.97. The number of sulfonamides is 1. The molecule has 0 saturated heterocycles. The van der Waals surface area contributed by atoms with Crippen LogP contribution >= 0.6 is 0 Å². The SMILES string of the molecule is O=S(=O)(NCCCOCCO)c1ccc(F)c(F)c1. The molecule has 0 fully saturated rings. The number of ether oxygens (including phenoxy) is 1. The summed E-state index contributed by atoms with van der Waals surface area (Å²) in [4.78, 5) is -0.331. The Morgan fingerprint density at radius 3 is 2.58 bits per heavy atom. The molecule has 0 aliphatic carbocycles. The molecule has 0 aliphatic heterocycles. The van der Waals surface area contributed by atoms with Gasteiger partial charge in [-0.05, 0) is 24.6 Å². The Balaban J connectivity index is 2.49. The lowest BCUT2D eigenvalue weighted by molar-refractivity contribution is 0.0913. The minimum absolute atomic E-state index is 0.0966. The van der Waals surface area contributed by atoms with Crippen molar-refractivity contribution in [2.24, 2.45) is 0 Å².